The van der Waals surface area contributed by atoms with Gasteiger partial charge in [0.15, 0.2) is 10.2 Å². The minimum absolute atomic E-state index is 0.558. The molecule has 0 saturated carbocycles. The van der Waals surface area contributed by atoms with Gasteiger partial charge in [-0.05, 0) is 86.4 Å². The summed E-state index contributed by atoms with van der Waals surface area (Å²) >= 11 is 7.02. The Morgan fingerprint density at radius 2 is 1.57 bits per heavy atom. The van der Waals surface area contributed by atoms with Crippen LogP contribution < -0.4 is 10.6 Å². The molecule has 0 aliphatic heterocycles. The van der Waals surface area contributed by atoms with E-state index in [9.17, 15) is 0 Å². The van der Waals surface area contributed by atoms with Crippen LogP contribution in [0, 0.1) is 27.7 Å². The van der Waals surface area contributed by atoms with E-state index in [2.05, 4.69) is 73.6 Å². The lowest BCUT2D eigenvalue weighted by Crippen LogP contribution is -2.19. The van der Waals surface area contributed by atoms with Crippen LogP contribution in [0.15, 0.2) is 30.3 Å². The summed E-state index contributed by atoms with van der Waals surface area (Å²) in [6, 6.07) is 10.6. The number of aromatic nitrogens is 1. The van der Waals surface area contributed by atoms with Crippen LogP contribution in [0.4, 0.5) is 10.8 Å². The van der Waals surface area contributed by atoms with Crippen LogP contribution in [0.25, 0.3) is 10.2 Å². The minimum Gasteiger partial charge on any atom is -0.332 e. The monoisotopic (exact) mass is 341 g/mol. The molecule has 0 atom stereocenters. The molecule has 0 unspecified atom stereocenters. The number of aryl methyl sites for hydroxylation is 4. The zero-order valence-corrected chi connectivity index (χ0v) is 15.3. The third-order valence-corrected chi connectivity index (χ3v) is 4.84. The predicted molar refractivity (Wildman–Crippen MR) is 105 cm³/mol. The maximum atomic E-state index is 5.41. The van der Waals surface area contributed by atoms with E-state index in [1.807, 2.05) is 0 Å². The van der Waals surface area contributed by atoms with Crippen LogP contribution in [0.1, 0.15) is 22.3 Å². The summed E-state index contributed by atoms with van der Waals surface area (Å²) in [6.07, 6.45) is 0. The molecule has 0 aliphatic rings. The van der Waals surface area contributed by atoms with Gasteiger partial charge in [-0.1, -0.05) is 17.4 Å². The zero-order chi connectivity index (χ0) is 16.6. The van der Waals surface area contributed by atoms with E-state index in [4.69, 9.17) is 12.2 Å². The van der Waals surface area contributed by atoms with Crippen molar-refractivity contribution in [3.05, 3.63) is 52.6 Å². The van der Waals surface area contributed by atoms with E-state index in [1.165, 1.54) is 27.0 Å². The first-order valence-corrected chi connectivity index (χ1v) is 8.67. The highest BCUT2D eigenvalue weighted by molar-refractivity contribution is 7.80. The Balaban J connectivity index is 1.77. The van der Waals surface area contributed by atoms with Gasteiger partial charge >= 0.3 is 0 Å². The van der Waals surface area contributed by atoms with Gasteiger partial charge in [-0.3, -0.25) is 0 Å². The van der Waals surface area contributed by atoms with Gasteiger partial charge in [-0.15, -0.1) is 0 Å². The van der Waals surface area contributed by atoms with Gasteiger partial charge in [0.2, 0.25) is 0 Å². The second-order valence-electron chi connectivity index (χ2n) is 5.88. The number of hydrogen-bond acceptors (Lipinski definition) is 3. The summed E-state index contributed by atoms with van der Waals surface area (Å²) in [7, 11) is 0. The maximum absolute atomic E-state index is 5.41. The van der Waals surface area contributed by atoms with E-state index >= 15 is 0 Å². The lowest BCUT2D eigenvalue weighted by Gasteiger charge is -2.09. The Morgan fingerprint density at radius 3 is 2.26 bits per heavy atom. The fourth-order valence-corrected chi connectivity index (χ4v) is 3.77. The molecule has 2 N–H and O–H groups in total. The van der Waals surface area contributed by atoms with Crippen LogP contribution in [-0.2, 0) is 0 Å². The molecule has 0 amide bonds. The third-order valence-electron chi connectivity index (χ3n) is 3.70. The number of thiocarbonyl (C=S) groups is 1. The maximum Gasteiger partial charge on any atom is 0.190 e. The quantitative estimate of drug-likeness (QED) is 0.617. The number of nitrogens with zero attached hydrogens (tertiary/aromatic N) is 1. The van der Waals surface area contributed by atoms with Gasteiger partial charge in [0.1, 0.15) is 0 Å². The van der Waals surface area contributed by atoms with Crippen LogP contribution in [0.3, 0.4) is 0 Å². The number of thiazole rings is 1. The molecular formula is C18H19N3S2. The Morgan fingerprint density at radius 1 is 0.913 bits per heavy atom. The van der Waals surface area contributed by atoms with Gasteiger partial charge < -0.3 is 10.6 Å². The fourth-order valence-electron chi connectivity index (χ4n) is 2.54. The molecule has 0 bridgehead atoms. The average Bonchev–Trinajstić information content (AvgIpc) is 2.78. The van der Waals surface area contributed by atoms with Gasteiger partial charge in [0.05, 0.1) is 10.2 Å². The molecular weight excluding hydrogens is 322 g/mol. The first-order chi connectivity index (χ1) is 10.9. The minimum atomic E-state index is 0.558. The largest absolute Gasteiger partial charge is 0.332 e. The highest BCUT2D eigenvalue weighted by atomic mass is 32.1. The molecule has 118 valence electrons. The topological polar surface area (TPSA) is 37.0 Å². The molecule has 0 spiro atoms. The normalized spacial score (nSPS) is 10.8. The van der Waals surface area contributed by atoms with Crippen molar-refractivity contribution in [2.24, 2.45) is 0 Å². The summed E-state index contributed by atoms with van der Waals surface area (Å²) in [4.78, 5) is 4.61. The van der Waals surface area contributed by atoms with Crippen molar-refractivity contribution in [3.63, 3.8) is 0 Å². The molecule has 1 heterocycles. The number of rotatable bonds is 2. The van der Waals surface area contributed by atoms with Crippen molar-refractivity contribution in [2.75, 3.05) is 10.6 Å². The highest BCUT2D eigenvalue weighted by Gasteiger charge is 2.07. The van der Waals surface area contributed by atoms with E-state index in [1.54, 1.807) is 11.3 Å². The molecule has 0 fully saturated rings. The Kier molecular flexibility index (Phi) is 4.33. The fraction of sp³-hybridized carbons (Fsp3) is 0.222. The van der Waals surface area contributed by atoms with Crippen molar-refractivity contribution in [1.29, 1.82) is 0 Å². The van der Waals surface area contributed by atoms with Crippen LogP contribution in [-0.4, -0.2) is 10.1 Å². The Labute approximate surface area is 145 Å². The molecule has 3 rings (SSSR count). The van der Waals surface area contributed by atoms with E-state index in [0.717, 1.165) is 16.3 Å². The van der Waals surface area contributed by atoms with Crippen LogP contribution in [0.2, 0.25) is 0 Å². The van der Waals surface area contributed by atoms with Crippen molar-refractivity contribution < 1.29 is 0 Å². The highest BCUT2D eigenvalue weighted by Crippen LogP contribution is 2.28. The molecule has 2 aromatic carbocycles. The number of anilines is 2. The standard InChI is InChI=1S/C18H19N3S2/c1-10-5-11(2)7-14(6-10)19-17(22)21-18-20-15-8-12(3)13(4)9-16(15)23-18/h5-9H,1-4H3,(H2,19,20,21,22). The van der Waals surface area contributed by atoms with Gasteiger partial charge in [0.25, 0.3) is 0 Å². The average molecular weight is 342 g/mol. The number of benzene rings is 2. The second kappa shape index (κ2) is 6.26. The van der Waals surface area contributed by atoms with E-state index in [0.29, 0.717) is 5.11 Å². The molecule has 0 aliphatic carbocycles. The predicted octanol–water partition coefficient (Wildman–Crippen LogP) is 5.34. The summed E-state index contributed by atoms with van der Waals surface area (Å²) in [6.45, 7) is 8.38. The van der Waals surface area contributed by atoms with Crippen LogP contribution in [0.5, 0.6) is 0 Å². The molecule has 1 aromatic heterocycles. The third kappa shape index (κ3) is 3.68. The summed E-state index contributed by atoms with van der Waals surface area (Å²) in [5.41, 5.74) is 6.96. The summed E-state index contributed by atoms with van der Waals surface area (Å²) in [5, 5.41) is 7.78. The molecule has 23 heavy (non-hydrogen) atoms. The van der Waals surface area contributed by atoms with Gasteiger partial charge in [0, 0.05) is 5.69 Å². The summed E-state index contributed by atoms with van der Waals surface area (Å²) in [5.74, 6) is 0. The van der Waals surface area contributed by atoms with Crippen LogP contribution >= 0.6 is 23.6 Å². The first-order valence-electron chi connectivity index (χ1n) is 7.45. The Bertz CT molecular complexity index is 837. The lowest BCUT2D eigenvalue weighted by atomic mass is 10.1. The van der Waals surface area contributed by atoms with Gasteiger partial charge in [-0.25, -0.2) is 4.98 Å². The van der Waals surface area contributed by atoms with E-state index < -0.39 is 0 Å². The number of hydrogen-bond donors (Lipinski definition) is 2. The van der Waals surface area contributed by atoms with Crippen molar-refractivity contribution in [1.82, 2.24) is 4.98 Å². The molecule has 5 heteroatoms. The number of fused-ring (bicyclic) bond motifs is 1. The summed E-state index contributed by atoms with van der Waals surface area (Å²) < 4.78 is 1.17. The first kappa shape index (κ1) is 15.9. The number of nitrogens with one attached hydrogen (secondary N) is 2. The second-order valence-corrected chi connectivity index (χ2v) is 7.32. The van der Waals surface area contributed by atoms with E-state index in [-0.39, 0.29) is 0 Å². The molecule has 3 aromatic rings. The molecule has 0 saturated heterocycles. The molecule has 3 nitrogen and oxygen atoms in total. The van der Waals surface area contributed by atoms with Crippen molar-refractivity contribution in [2.45, 2.75) is 27.7 Å². The van der Waals surface area contributed by atoms with Crippen molar-refractivity contribution in [3.8, 4) is 0 Å². The lowest BCUT2D eigenvalue weighted by molar-refractivity contribution is 1.35. The van der Waals surface area contributed by atoms with Gasteiger partial charge in [-0.2, -0.15) is 0 Å². The van der Waals surface area contributed by atoms with Crippen molar-refractivity contribution >= 4 is 49.7 Å². The molecule has 0 radical (unpaired) electrons. The zero-order valence-electron chi connectivity index (χ0n) is 13.7. The smallest absolute Gasteiger partial charge is 0.190 e. The Hall–Kier alpha value is -1.98. The SMILES string of the molecule is Cc1cc(C)cc(NC(=S)Nc2nc3cc(C)c(C)cc3s2)c1.